The summed E-state index contributed by atoms with van der Waals surface area (Å²) in [4.78, 5) is 17.6. The Balaban J connectivity index is 1.67. The van der Waals surface area contributed by atoms with Gasteiger partial charge in [-0.3, -0.25) is 4.79 Å². The summed E-state index contributed by atoms with van der Waals surface area (Å²) in [5.41, 5.74) is 4.55. The molecule has 0 saturated heterocycles. The van der Waals surface area contributed by atoms with Gasteiger partial charge in [0.15, 0.2) is 0 Å². The number of benzene rings is 2. The first kappa shape index (κ1) is 17.2. The predicted octanol–water partition coefficient (Wildman–Crippen LogP) is 3.43. The zero-order valence-electron chi connectivity index (χ0n) is 14.5. The highest BCUT2D eigenvalue weighted by molar-refractivity contribution is 5.85. The van der Waals surface area contributed by atoms with Crippen molar-refractivity contribution in [3.63, 3.8) is 0 Å². The summed E-state index contributed by atoms with van der Waals surface area (Å²) in [6.07, 6.45) is 3.12. The number of hydrogen-bond acceptors (Lipinski definition) is 2. The maximum absolute atomic E-state index is 12.6. The van der Waals surface area contributed by atoms with Gasteiger partial charge in [-0.1, -0.05) is 42.0 Å². The predicted molar refractivity (Wildman–Crippen MR) is 100 cm³/mol. The summed E-state index contributed by atoms with van der Waals surface area (Å²) in [5.74, 6) is 0.0694. The largest absolute Gasteiger partial charge is 0.395 e. The van der Waals surface area contributed by atoms with Gasteiger partial charge >= 0.3 is 0 Å². The van der Waals surface area contributed by atoms with Gasteiger partial charge in [0.25, 0.3) is 0 Å². The fraction of sp³-hybridized carbons (Fsp3) is 0.286. The number of rotatable bonds is 7. The SMILES string of the molecule is Cc1ccc2[nH]cc(CCC(=O)N(CCO)Cc3ccccc3)c2c1. The van der Waals surface area contributed by atoms with Gasteiger partial charge in [0.2, 0.25) is 5.91 Å². The summed E-state index contributed by atoms with van der Waals surface area (Å²) in [6, 6.07) is 16.2. The number of aliphatic hydroxyl groups is 1. The molecule has 0 radical (unpaired) electrons. The molecular weight excluding hydrogens is 312 g/mol. The van der Waals surface area contributed by atoms with Crippen molar-refractivity contribution in [2.75, 3.05) is 13.2 Å². The van der Waals surface area contributed by atoms with E-state index in [2.05, 4.69) is 30.1 Å². The Labute approximate surface area is 148 Å². The molecular formula is C21H24N2O2. The van der Waals surface area contributed by atoms with E-state index in [9.17, 15) is 9.90 Å². The third-order valence-corrected chi connectivity index (χ3v) is 4.47. The van der Waals surface area contributed by atoms with Crippen LogP contribution in [0.3, 0.4) is 0 Å². The average molecular weight is 336 g/mol. The molecule has 0 fully saturated rings. The van der Waals surface area contributed by atoms with Crippen LogP contribution in [0.25, 0.3) is 10.9 Å². The van der Waals surface area contributed by atoms with Crippen molar-refractivity contribution in [1.82, 2.24) is 9.88 Å². The molecule has 0 spiro atoms. The zero-order chi connectivity index (χ0) is 17.6. The first-order chi connectivity index (χ1) is 12.2. The molecule has 0 bridgehead atoms. The Morgan fingerprint density at radius 1 is 1.16 bits per heavy atom. The normalized spacial score (nSPS) is 11.0. The smallest absolute Gasteiger partial charge is 0.223 e. The molecule has 0 aliphatic carbocycles. The first-order valence-electron chi connectivity index (χ1n) is 8.66. The molecule has 2 aromatic carbocycles. The summed E-state index contributed by atoms with van der Waals surface area (Å²) in [6.45, 7) is 2.95. The fourth-order valence-corrected chi connectivity index (χ4v) is 3.12. The molecule has 0 atom stereocenters. The van der Waals surface area contributed by atoms with Crippen LogP contribution in [0.15, 0.2) is 54.7 Å². The summed E-state index contributed by atoms with van der Waals surface area (Å²) < 4.78 is 0. The van der Waals surface area contributed by atoms with Crippen LogP contribution in [-0.4, -0.2) is 34.0 Å². The number of aryl methyl sites for hydroxylation is 2. The van der Waals surface area contributed by atoms with Gasteiger partial charge in [-0.2, -0.15) is 0 Å². The molecule has 25 heavy (non-hydrogen) atoms. The van der Waals surface area contributed by atoms with Crippen LogP contribution in [0, 0.1) is 6.92 Å². The molecule has 0 unspecified atom stereocenters. The lowest BCUT2D eigenvalue weighted by Crippen LogP contribution is -2.33. The van der Waals surface area contributed by atoms with E-state index < -0.39 is 0 Å². The van der Waals surface area contributed by atoms with E-state index in [-0.39, 0.29) is 12.5 Å². The average Bonchev–Trinajstić information content (AvgIpc) is 3.02. The van der Waals surface area contributed by atoms with Crippen LogP contribution in [0.2, 0.25) is 0 Å². The maximum atomic E-state index is 12.6. The lowest BCUT2D eigenvalue weighted by Gasteiger charge is -2.22. The van der Waals surface area contributed by atoms with Crippen LogP contribution >= 0.6 is 0 Å². The fourth-order valence-electron chi connectivity index (χ4n) is 3.12. The van der Waals surface area contributed by atoms with Crippen LogP contribution in [-0.2, 0) is 17.8 Å². The van der Waals surface area contributed by atoms with Crippen LogP contribution < -0.4 is 0 Å². The van der Waals surface area contributed by atoms with Gasteiger partial charge in [-0.25, -0.2) is 0 Å². The van der Waals surface area contributed by atoms with Crippen molar-refractivity contribution < 1.29 is 9.90 Å². The number of nitrogens with zero attached hydrogens (tertiary/aromatic N) is 1. The molecule has 4 heteroatoms. The molecule has 2 N–H and O–H groups in total. The number of fused-ring (bicyclic) bond motifs is 1. The third kappa shape index (κ3) is 4.28. The van der Waals surface area contributed by atoms with Crippen molar-refractivity contribution in [2.45, 2.75) is 26.3 Å². The number of nitrogens with one attached hydrogen (secondary N) is 1. The molecule has 3 rings (SSSR count). The minimum absolute atomic E-state index is 0.0230. The number of carbonyl (C=O) groups excluding carboxylic acids is 1. The Morgan fingerprint density at radius 3 is 2.72 bits per heavy atom. The van der Waals surface area contributed by atoms with Crippen LogP contribution in [0.1, 0.15) is 23.1 Å². The molecule has 0 aliphatic heterocycles. The second kappa shape index (κ2) is 7.99. The Kier molecular flexibility index (Phi) is 5.51. The number of aliphatic hydroxyl groups excluding tert-OH is 1. The van der Waals surface area contributed by atoms with Gasteiger partial charge in [-0.15, -0.1) is 0 Å². The minimum Gasteiger partial charge on any atom is -0.395 e. The lowest BCUT2D eigenvalue weighted by molar-refractivity contribution is -0.132. The second-order valence-electron chi connectivity index (χ2n) is 6.39. The summed E-state index contributed by atoms with van der Waals surface area (Å²) in [5, 5.41) is 10.5. The van der Waals surface area contributed by atoms with Crippen molar-refractivity contribution >= 4 is 16.8 Å². The minimum atomic E-state index is -0.0230. The van der Waals surface area contributed by atoms with E-state index in [0.29, 0.717) is 25.9 Å². The maximum Gasteiger partial charge on any atom is 0.223 e. The molecule has 0 saturated carbocycles. The van der Waals surface area contributed by atoms with Gasteiger partial charge in [0.1, 0.15) is 0 Å². The molecule has 1 heterocycles. The number of amides is 1. The Morgan fingerprint density at radius 2 is 1.96 bits per heavy atom. The summed E-state index contributed by atoms with van der Waals surface area (Å²) in [7, 11) is 0. The highest BCUT2D eigenvalue weighted by Gasteiger charge is 2.14. The molecule has 1 aromatic heterocycles. The van der Waals surface area contributed by atoms with Crippen molar-refractivity contribution in [3.8, 4) is 0 Å². The van der Waals surface area contributed by atoms with E-state index in [1.807, 2.05) is 36.5 Å². The van der Waals surface area contributed by atoms with Gasteiger partial charge in [0, 0.05) is 36.6 Å². The third-order valence-electron chi connectivity index (χ3n) is 4.47. The lowest BCUT2D eigenvalue weighted by atomic mass is 10.1. The van der Waals surface area contributed by atoms with E-state index in [1.165, 1.54) is 10.9 Å². The number of carbonyl (C=O) groups is 1. The highest BCUT2D eigenvalue weighted by Crippen LogP contribution is 2.21. The molecule has 3 aromatic rings. The Hall–Kier alpha value is -2.59. The van der Waals surface area contributed by atoms with Crippen LogP contribution in [0.4, 0.5) is 0 Å². The molecule has 4 nitrogen and oxygen atoms in total. The van der Waals surface area contributed by atoms with E-state index in [0.717, 1.165) is 16.6 Å². The summed E-state index contributed by atoms with van der Waals surface area (Å²) >= 11 is 0. The molecule has 1 amide bonds. The number of aromatic amines is 1. The van der Waals surface area contributed by atoms with Crippen LogP contribution in [0.5, 0.6) is 0 Å². The first-order valence-corrected chi connectivity index (χ1v) is 8.66. The van der Waals surface area contributed by atoms with Crippen molar-refractivity contribution in [1.29, 1.82) is 0 Å². The van der Waals surface area contributed by atoms with E-state index in [4.69, 9.17) is 0 Å². The topological polar surface area (TPSA) is 56.3 Å². The van der Waals surface area contributed by atoms with E-state index >= 15 is 0 Å². The standard InChI is InChI=1S/C21H24N2O2/c1-16-7-9-20-19(13-16)18(14-22-20)8-10-21(25)23(11-12-24)15-17-5-3-2-4-6-17/h2-7,9,13-14,22,24H,8,10-12,15H2,1H3. The van der Waals surface area contributed by atoms with Crippen molar-refractivity contribution in [2.24, 2.45) is 0 Å². The van der Waals surface area contributed by atoms with Crippen molar-refractivity contribution in [3.05, 3.63) is 71.4 Å². The molecule has 0 aliphatic rings. The zero-order valence-corrected chi connectivity index (χ0v) is 14.5. The monoisotopic (exact) mass is 336 g/mol. The number of hydrogen-bond donors (Lipinski definition) is 2. The highest BCUT2D eigenvalue weighted by atomic mass is 16.3. The molecule has 130 valence electrons. The Bertz CT molecular complexity index is 839. The number of H-pyrrole nitrogens is 1. The quantitative estimate of drug-likeness (QED) is 0.694. The van der Waals surface area contributed by atoms with Gasteiger partial charge < -0.3 is 15.0 Å². The number of aromatic nitrogens is 1. The van der Waals surface area contributed by atoms with Gasteiger partial charge in [0.05, 0.1) is 6.61 Å². The second-order valence-corrected chi connectivity index (χ2v) is 6.39. The van der Waals surface area contributed by atoms with Gasteiger partial charge in [-0.05, 0) is 36.6 Å². The van der Waals surface area contributed by atoms with E-state index in [1.54, 1.807) is 4.90 Å².